The molecule has 1 atom stereocenters. The van der Waals surface area contributed by atoms with Crippen LogP contribution >= 0.6 is 15.9 Å². The first kappa shape index (κ1) is 13.7. The van der Waals surface area contributed by atoms with Crippen molar-refractivity contribution in [2.45, 2.75) is 32.3 Å². The number of nitrogens with zero attached hydrogens (tertiary/aromatic N) is 1. The molecule has 1 heterocycles. The van der Waals surface area contributed by atoms with Gasteiger partial charge in [-0.2, -0.15) is 0 Å². The summed E-state index contributed by atoms with van der Waals surface area (Å²) in [6.07, 6.45) is 4.00. The van der Waals surface area contributed by atoms with Crippen LogP contribution in [0.2, 0.25) is 0 Å². The highest BCUT2D eigenvalue weighted by Crippen LogP contribution is 2.30. The molecule has 2 rings (SSSR count). The normalized spacial score (nSPS) is 19.8. The predicted molar refractivity (Wildman–Crippen MR) is 80.2 cm³/mol. The average Bonchev–Trinajstić information content (AvgIpc) is 2.35. The SMILES string of the molecule is Cc1cc(N(C)CC2CCCCO2)c(Br)cc1N. The van der Waals surface area contributed by atoms with Gasteiger partial charge in [0.15, 0.2) is 0 Å². The molecule has 1 saturated heterocycles. The van der Waals surface area contributed by atoms with Gasteiger partial charge in [0.1, 0.15) is 0 Å². The van der Waals surface area contributed by atoms with Gasteiger partial charge < -0.3 is 15.4 Å². The standard InChI is InChI=1S/C14H21BrN2O/c1-10-7-14(12(15)8-13(10)16)17(2)9-11-5-3-4-6-18-11/h7-8,11H,3-6,9,16H2,1-2H3. The predicted octanol–water partition coefficient (Wildman–Crippen LogP) is 3.35. The number of rotatable bonds is 3. The summed E-state index contributed by atoms with van der Waals surface area (Å²) < 4.78 is 6.83. The van der Waals surface area contributed by atoms with Gasteiger partial charge >= 0.3 is 0 Å². The van der Waals surface area contributed by atoms with Crippen LogP contribution in [0.4, 0.5) is 11.4 Å². The molecule has 3 nitrogen and oxygen atoms in total. The third-order valence-electron chi connectivity index (χ3n) is 3.50. The zero-order valence-electron chi connectivity index (χ0n) is 11.1. The second-order valence-electron chi connectivity index (χ2n) is 5.03. The van der Waals surface area contributed by atoms with Gasteiger partial charge in [-0.15, -0.1) is 0 Å². The quantitative estimate of drug-likeness (QED) is 0.870. The van der Waals surface area contributed by atoms with E-state index in [-0.39, 0.29) is 0 Å². The van der Waals surface area contributed by atoms with Crippen molar-refractivity contribution in [3.8, 4) is 0 Å². The lowest BCUT2D eigenvalue weighted by Crippen LogP contribution is -2.33. The lowest BCUT2D eigenvalue weighted by atomic mass is 10.1. The van der Waals surface area contributed by atoms with Crippen molar-refractivity contribution in [3.63, 3.8) is 0 Å². The molecule has 0 bridgehead atoms. The molecule has 1 aliphatic heterocycles. The zero-order chi connectivity index (χ0) is 13.1. The highest BCUT2D eigenvalue weighted by atomic mass is 79.9. The van der Waals surface area contributed by atoms with Crippen molar-refractivity contribution in [1.29, 1.82) is 0 Å². The molecule has 1 aromatic rings. The van der Waals surface area contributed by atoms with Crippen molar-refractivity contribution in [3.05, 3.63) is 22.2 Å². The molecule has 0 amide bonds. The number of nitrogens with two attached hydrogens (primary N) is 1. The largest absolute Gasteiger partial charge is 0.398 e. The van der Waals surface area contributed by atoms with E-state index in [1.165, 1.54) is 18.5 Å². The third kappa shape index (κ3) is 3.18. The first-order valence-electron chi connectivity index (χ1n) is 6.46. The number of nitrogen functional groups attached to an aromatic ring is 1. The molecule has 0 aromatic heterocycles. The molecule has 1 fully saturated rings. The van der Waals surface area contributed by atoms with E-state index in [1.807, 2.05) is 13.0 Å². The fourth-order valence-corrected chi connectivity index (χ4v) is 2.99. The van der Waals surface area contributed by atoms with E-state index in [0.29, 0.717) is 6.10 Å². The first-order chi connectivity index (χ1) is 8.58. The van der Waals surface area contributed by atoms with Crippen molar-refractivity contribution in [2.75, 3.05) is 30.8 Å². The molecular weight excluding hydrogens is 292 g/mol. The molecule has 100 valence electrons. The Bertz CT molecular complexity index is 417. The van der Waals surface area contributed by atoms with E-state index in [0.717, 1.165) is 35.3 Å². The summed E-state index contributed by atoms with van der Waals surface area (Å²) in [5.41, 5.74) is 9.02. The second kappa shape index (κ2) is 5.93. The van der Waals surface area contributed by atoms with Crippen LogP contribution in [0.25, 0.3) is 0 Å². The third-order valence-corrected chi connectivity index (χ3v) is 4.13. The van der Waals surface area contributed by atoms with Gasteiger partial charge in [0, 0.05) is 30.4 Å². The summed E-state index contributed by atoms with van der Waals surface area (Å²) in [7, 11) is 2.10. The van der Waals surface area contributed by atoms with Gasteiger partial charge in [0.2, 0.25) is 0 Å². The highest BCUT2D eigenvalue weighted by molar-refractivity contribution is 9.10. The fourth-order valence-electron chi connectivity index (χ4n) is 2.33. The maximum Gasteiger partial charge on any atom is 0.0749 e. The zero-order valence-corrected chi connectivity index (χ0v) is 12.7. The van der Waals surface area contributed by atoms with Crippen LogP contribution in [-0.2, 0) is 4.74 Å². The average molecular weight is 313 g/mol. The maximum atomic E-state index is 5.90. The van der Waals surface area contributed by atoms with Crippen LogP contribution in [0.3, 0.4) is 0 Å². The summed E-state index contributed by atoms with van der Waals surface area (Å²) in [6, 6.07) is 4.10. The second-order valence-corrected chi connectivity index (χ2v) is 5.88. The number of hydrogen-bond acceptors (Lipinski definition) is 3. The number of halogens is 1. The van der Waals surface area contributed by atoms with Crippen molar-refractivity contribution < 1.29 is 4.74 Å². The van der Waals surface area contributed by atoms with Crippen molar-refractivity contribution in [2.24, 2.45) is 0 Å². The Balaban J connectivity index is 2.08. The van der Waals surface area contributed by atoms with Crippen molar-refractivity contribution >= 4 is 27.3 Å². The van der Waals surface area contributed by atoms with E-state index >= 15 is 0 Å². The Morgan fingerprint density at radius 3 is 2.89 bits per heavy atom. The number of hydrogen-bond donors (Lipinski definition) is 1. The molecule has 0 spiro atoms. The summed E-state index contributed by atoms with van der Waals surface area (Å²) in [5, 5.41) is 0. The summed E-state index contributed by atoms with van der Waals surface area (Å²) in [6.45, 7) is 3.87. The number of benzene rings is 1. The maximum absolute atomic E-state index is 5.90. The van der Waals surface area contributed by atoms with Gasteiger partial charge in [-0.3, -0.25) is 0 Å². The molecule has 4 heteroatoms. The molecule has 0 aliphatic carbocycles. The van der Waals surface area contributed by atoms with E-state index in [9.17, 15) is 0 Å². The number of aryl methyl sites for hydroxylation is 1. The number of likely N-dealkylation sites (N-methyl/N-ethyl adjacent to an activating group) is 1. The summed E-state index contributed by atoms with van der Waals surface area (Å²) in [5.74, 6) is 0. The van der Waals surface area contributed by atoms with Gasteiger partial charge in [-0.1, -0.05) is 0 Å². The van der Waals surface area contributed by atoms with Gasteiger partial charge in [-0.05, 0) is 59.8 Å². The number of anilines is 2. The summed E-state index contributed by atoms with van der Waals surface area (Å²) in [4.78, 5) is 2.24. The fraction of sp³-hybridized carbons (Fsp3) is 0.571. The van der Waals surface area contributed by atoms with Crippen LogP contribution in [0.15, 0.2) is 16.6 Å². The topological polar surface area (TPSA) is 38.5 Å². The van der Waals surface area contributed by atoms with Gasteiger partial charge in [0.05, 0.1) is 11.8 Å². The molecule has 1 aromatic carbocycles. The van der Waals surface area contributed by atoms with Crippen LogP contribution < -0.4 is 10.6 Å². The minimum Gasteiger partial charge on any atom is -0.398 e. The Labute approximate surface area is 117 Å². The monoisotopic (exact) mass is 312 g/mol. The summed E-state index contributed by atoms with van der Waals surface area (Å²) >= 11 is 3.58. The smallest absolute Gasteiger partial charge is 0.0749 e. The highest BCUT2D eigenvalue weighted by Gasteiger charge is 2.17. The molecule has 18 heavy (non-hydrogen) atoms. The molecule has 1 unspecified atom stereocenters. The van der Waals surface area contributed by atoms with E-state index in [4.69, 9.17) is 10.5 Å². The van der Waals surface area contributed by atoms with Crippen LogP contribution in [0.5, 0.6) is 0 Å². The van der Waals surface area contributed by atoms with E-state index in [1.54, 1.807) is 0 Å². The van der Waals surface area contributed by atoms with E-state index in [2.05, 4.69) is 33.9 Å². The van der Waals surface area contributed by atoms with Crippen LogP contribution in [-0.4, -0.2) is 26.3 Å². The minimum atomic E-state index is 0.355. The molecule has 1 aliphatic rings. The van der Waals surface area contributed by atoms with Gasteiger partial charge in [0.25, 0.3) is 0 Å². The Morgan fingerprint density at radius 1 is 1.44 bits per heavy atom. The first-order valence-corrected chi connectivity index (χ1v) is 7.25. The van der Waals surface area contributed by atoms with Crippen molar-refractivity contribution in [1.82, 2.24) is 0 Å². The lowest BCUT2D eigenvalue weighted by molar-refractivity contribution is 0.0216. The lowest BCUT2D eigenvalue weighted by Gasteiger charge is -2.29. The molecular formula is C14H21BrN2O. The Morgan fingerprint density at radius 2 is 2.22 bits per heavy atom. The van der Waals surface area contributed by atoms with Crippen LogP contribution in [0.1, 0.15) is 24.8 Å². The number of ether oxygens (including phenoxy) is 1. The molecule has 0 radical (unpaired) electrons. The molecule has 0 saturated carbocycles. The Hall–Kier alpha value is -0.740. The van der Waals surface area contributed by atoms with Crippen LogP contribution in [0, 0.1) is 6.92 Å². The Kier molecular flexibility index (Phi) is 4.51. The van der Waals surface area contributed by atoms with E-state index < -0.39 is 0 Å². The minimum absolute atomic E-state index is 0.355. The van der Waals surface area contributed by atoms with Gasteiger partial charge in [-0.25, -0.2) is 0 Å². The molecule has 2 N–H and O–H groups in total.